The Kier molecular flexibility index (Phi) is 4.37. The molecule has 0 aliphatic carbocycles. The molecule has 0 saturated carbocycles. The summed E-state index contributed by atoms with van der Waals surface area (Å²) in [5.41, 5.74) is 0.0831. The second-order valence-electron chi connectivity index (χ2n) is 6.65. The summed E-state index contributed by atoms with van der Waals surface area (Å²) in [7, 11) is 0. The van der Waals surface area contributed by atoms with E-state index in [0.29, 0.717) is 27.8 Å². The number of hydrogen-bond acceptors (Lipinski definition) is 6. The molecule has 0 radical (unpaired) electrons. The van der Waals surface area contributed by atoms with Gasteiger partial charge in [0.05, 0.1) is 12.6 Å². The standard InChI is InChI=1S/C15H18BrClN4O3/c1-8-9(23-14(22)24-15(2,3)4)7-21(8)13-12-18-5-6-20(12)11(17)10(16)19-13/h5-6,8-9H,7H2,1-4H3/t8-,9+/m0/s1. The number of imidazole rings is 1. The van der Waals surface area contributed by atoms with Gasteiger partial charge in [-0.25, -0.2) is 14.8 Å². The highest BCUT2D eigenvalue weighted by molar-refractivity contribution is 9.10. The Morgan fingerprint density at radius 2 is 2.17 bits per heavy atom. The fraction of sp³-hybridized carbons (Fsp3) is 0.533. The fourth-order valence-corrected chi connectivity index (χ4v) is 3.03. The highest BCUT2D eigenvalue weighted by Crippen LogP contribution is 2.33. The van der Waals surface area contributed by atoms with Gasteiger partial charge in [-0.3, -0.25) is 4.40 Å². The van der Waals surface area contributed by atoms with Crippen LogP contribution in [0, 0.1) is 0 Å². The highest BCUT2D eigenvalue weighted by Gasteiger charge is 2.41. The van der Waals surface area contributed by atoms with Crippen LogP contribution in [-0.4, -0.2) is 44.8 Å². The minimum atomic E-state index is -0.657. The minimum absolute atomic E-state index is 0.0430. The first-order valence-corrected chi connectivity index (χ1v) is 8.69. The lowest BCUT2D eigenvalue weighted by Gasteiger charge is -2.45. The minimum Gasteiger partial charge on any atom is -0.429 e. The number of hydrogen-bond donors (Lipinski definition) is 0. The van der Waals surface area contributed by atoms with E-state index in [9.17, 15) is 4.79 Å². The summed E-state index contributed by atoms with van der Waals surface area (Å²) < 4.78 is 12.9. The van der Waals surface area contributed by atoms with E-state index < -0.39 is 11.8 Å². The Hall–Kier alpha value is -1.54. The number of aromatic nitrogens is 3. The summed E-state index contributed by atoms with van der Waals surface area (Å²) in [5, 5.41) is 0.459. The number of ether oxygens (including phenoxy) is 2. The van der Waals surface area contributed by atoms with Crippen molar-refractivity contribution in [3.63, 3.8) is 0 Å². The molecule has 1 fully saturated rings. The second-order valence-corrected chi connectivity index (χ2v) is 7.76. The third-order valence-electron chi connectivity index (χ3n) is 3.74. The number of carbonyl (C=O) groups is 1. The maximum Gasteiger partial charge on any atom is 0.509 e. The van der Waals surface area contributed by atoms with Gasteiger partial charge in [-0.05, 0) is 43.6 Å². The van der Waals surface area contributed by atoms with Crippen LogP contribution in [0.4, 0.5) is 10.6 Å². The molecule has 2 aromatic heterocycles. The lowest BCUT2D eigenvalue weighted by Crippen LogP contribution is -2.61. The van der Waals surface area contributed by atoms with Gasteiger partial charge in [0.15, 0.2) is 11.5 Å². The molecule has 0 amide bonds. The molecule has 1 aliphatic rings. The van der Waals surface area contributed by atoms with Crippen LogP contribution in [0.25, 0.3) is 5.65 Å². The van der Waals surface area contributed by atoms with Gasteiger partial charge < -0.3 is 14.4 Å². The summed E-state index contributed by atoms with van der Waals surface area (Å²) in [6, 6.07) is -0.0430. The van der Waals surface area contributed by atoms with E-state index in [4.69, 9.17) is 21.1 Å². The van der Waals surface area contributed by atoms with Crippen LogP contribution in [0.2, 0.25) is 5.15 Å². The van der Waals surface area contributed by atoms with Gasteiger partial charge in [-0.1, -0.05) is 11.6 Å². The van der Waals surface area contributed by atoms with Crippen LogP contribution in [0.1, 0.15) is 27.7 Å². The molecule has 1 saturated heterocycles. The molecule has 0 spiro atoms. The van der Waals surface area contributed by atoms with E-state index in [-0.39, 0.29) is 12.1 Å². The number of rotatable bonds is 2. The molecular weight excluding hydrogens is 400 g/mol. The van der Waals surface area contributed by atoms with Crippen molar-refractivity contribution in [3.8, 4) is 0 Å². The van der Waals surface area contributed by atoms with Gasteiger partial charge in [0.25, 0.3) is 0 Å². The first-order valence-electron chi connectivity index (χ1n) is 7.51. The average molecular weight is 418 g/mol. The molecule has 9 heteroatoms. The third-order valence-corrected chi connectivity index (χ3v) is 4.88. The lowest BCUT2D eigenvalue weighted by atomic mass is 10.0. The number of carbonyl (C=O) groups excluding carboxylic acids is 1. The van der Waals surface area contributed by atoms with Crippen molar-refractivity contribution in [3.05, 3.63) is 22.1 Å². The van der Waals surface area contributed by atoms with Gasteiger partial charge in [-0.2, -0.15) is 0 Å². The largest absolute Gasteiger partial charge is 0.509 e. The van der Waals surface area contributed by atoms with Gasteiger partial charge in [0, 0.05) is 12.4 Å². The maximum atomic E-state index is 11.8. The molecule has 2 aromatic rings. The molecule has 3 heterocycles. The van der Waals surface area contributed by atoms with Crippen molar-refractivity contribution in [2.75, 3.05) is 11.4 Å². The number of nitrogens with zero attached hydrogens (tertiary/aromatic N) is 4. The quantitative estimate of drug-likeness (QED) is 0.694. The van der Waals surface area contributed by atoms with Gasteiger partial charge in [0.2, 0.25) is 0 Å². The van der Waals surface area contributed by atoms with Crippen LogP contribution in [-0.2, 0) is 9.47 Å². The van der Waals surface area contributed by atoms with Crippen molar-refractivity contribution >= 4 is 45.2 Å². The smallest absolute Gasteiger partial charge is 0.429 e. The van der Waals surface area contributed by atoms with Crippen molar-refractivity contribution in [1.29, 1.82) is 0 Å². The summed E-state index contributed by atoms with van der Waals surface area (Å²) in [4.78, 5) is 22.6. The third kappa shape index (κ3) is 3.17. The van der Waals surface area contributed by atoms with Gasteiger partial charge in [0.1, 0.15) is 21.5 Å². The first-order chi connectivity index (χ1) is 11.2. The van der Waals surface area contributed by atoms with Crippen molar-refractivity contribution in [2.24, 2.45) is 0 Å². The Balaban J connectivity index is 1.74. The molecule has 7 nitrogen and oxygen atoms in total. The normalized spacial score (nSPS) is 20.8. The van der Waals surface area contributed by atoms with E-state index in [0.717, 1.165) is 0 Å². The summed E-state index contributed by atoms with van der Waals surface area (Å²) in [6.45, 7) is 7.88. The Bertz CT molecular complexity index is 789. The molecule has 130 valence electrons. The summed E-state index contributed by atoms with van der Waals surface area (Å²) in [6.07, 6.45) is 2.52. The molecule has 0 N–H and O–H groups in total. The van der Waals surface area contributed by atoms with Crippen LogP contribution in [0.3, 0.4) is 0 Å². The van der Waals surface area contributed by atoms with Crippen LogP contribution < -0.4 is 4.90 Å². The Labute approximate surface area is 153 Å². The van der Waals surface area contributed by atoms with Crippen LogP contribution >= 0.6 is 27.5 Å². The van der Waals surface area contributed by atoms with E-state index in [1.807, 2.05) is 11.8 Å². The van der Waals surface area contributed by atoms with E-state index >= 15 is 0 Å². The highest BCUT2D eigenvalue weighted by atomic mass is 79.9. The van der Waals surface area contributed by atoms with Crippen molar-refractivity contribution in [1.82, 2.24) is 14.4 Å². The van der Waals surface area contributed by atoms with Gasteiger partial charge >= 0.3 is 6.16 Å². The molecule has 1 aliphatic heterocycles. The number of anilines is 1. The number of halogens is 2. The Morgan fingerprint density at radius 3 is 2.79 bits per heavy atom. The summed E-state index contributed by atoms with van der Waals surface area (Å²) in [5.74, 6) is 0.688. The molecule has 2 atom stereocenters. The van der Waals surface area contributed by atoms with E-state index in [2.05, 4.69) is 25.9 Å². The van der Waals surface area contributed by atoms with E-state index in [1.54, 1.807) is 37.6 Å². The van der Waals surface area contributed by atoms with Crippen LogP contribution in [0.15, 0.2) is 17.0 Å². The molecule has 24 heavy (non-hydrogen) atoms. The fourth-order valence-electron chi connectivity index (χ4n) is 2.50. The molecule has 0 unspecified atom stereocenters. The SMILES string of the molecule is C[C@H]1[C@H](OC(=O)OC(C)(C)C)CN1c1nc(Br)c(Cl)n2ccnc12. The predicted molar refractivity (Wildman–Crippen MR) is 93.6 cm³/mol. The average Bonchev–Trinajstić information content (AvgIpc) is 2.95. The molecular formula is C15H18BrClN4O3. The second kappa shape index (κ2) is 6.07. The zero-order valence-electron chi connectivity index (χ0n) is 13.8. The van der Waals surface area contributed by atoms with Crippen LogP contribution in [0.5, 0.6) is 0 Å². The molecule has 0 aromatic carbocycles. The zero-order valence-corrected chi connectivity index (χ0v) is 16.1. The van der Waals surface area contributed by atoms with E-state index in [1.165, 1.54) is 0 Å². The monoisotopic (exact) mass is 416 g/mol. The van der Waals surface area contributed by atoms with Crippen molar-refractivity contribution in [2.45, 2.75) is 45.4 Å². The number of fused-ring (bicyclic) bond motifs is 1. The zero-order chi connectivity index (χ0) is 17.6. The maximum absolute atomic E-state index is 11.8. The first kappa shape index (κ1) is 17.3. The summed E-state index contributed by atoms with van der Waals surface area (Å²) >= 11 is 9.57. The molecule has 0 bridgehead atoms. The Morgan fingerprint density at radius 1 is 1.46 bits per heavy atom. The van der Waals surface area contributed by atoms with Gasteiger partial charge in [-0.15, -0.1) is 0 Å². The molecule has 3 rings (SSSR count). The lowest BCUT2D eigenvalue weighted by molar-refractivity contribution is -0.0413. The predicted octanol–water partition coefficient (Wildman–Crippen LogP) is 3.67. The van der Waals surface area contributed by atoms with Crippen molar-refractivity contribution < 1.29 is 14.3 Å². The topological polar surface area (TPSA) is 69.0 Å².